The second kappa shape index (κ2) is 12.2. The van der Waals surface area contributed by atoms with Gasteiger partial charge in [0.1, 0.15) is 12.3 Å². The molecule has 8 nitrogen and oxygen atoms in total. The fourth-order valence-corrected chi connectivity index (χ4v) is 4.45. The third kappa shape index (κ3) is 6.33. The molecule has 0 saturated carbocycles. The van der Waals surface area contributed by atoms with Crippen molar-refractivity contribution >= 4 is 17.6 Å². The van der Waals surface area contributed by atoms with Crippen molar-refractivity contribution in [1.29, 1.82) is 0 Å². The second-order valence-electron chi connectivity index (χ2n) is 9.02. The molecule has 0 bridgehead atoms. The minimum atomic E-state index is -0.158. The summed E-state index contributed by atoms with van der Waals surface area (Å²) in [6.45, 7) is 8.60. The summed E-state index contributed by atoms with van der Waals surface area (Å²) in [4.78, 5) is 31.9. The van der Waals surface area contributed by atoms with Gasteiger partial charge in [0.05, 0.1) is 12.8 Å². The molecule has 1 fully saturated rings. The maximum absolute atomic E-state index is 13.2. The number of nitrogens with zero attached hydrogens (tertiary/aromatic N) is 5. The number of benzene rings is 2. The molecule has 37 heavy (non-hydrogen) atoms. The number of hydrogen-bond donors (Lipinski definition) is 0. The fraction of sp³-hybridized carbons (Fsp3) is 0.310. The summed E-state index contributed by atoms with van der Waals surface area (Å²) in [6.07, 6.45) is 2.46. The lowest BCUT2D eigenvalue weighted by Gasteiger charge is -2.27. The first kappa shape index (κ1) is 25.9. The number of aromatic nitrogens is 2. The molecule has 2 amide bonds. The zero-order valence-corrected chi connectivity index (χ0v) is 21.5. The predicted octanol–water partition coefficient (Wildman–Crippen LogP) is 3.83. The zero-order valence-electron chi connectivity index (χ0n) is 21.5. The van der Waals surface area contributed by atoms with Crippen LogP contribution < -0.4 is 9.64 Å². The van der Waals surface area contributed by atoms with Gasteiger partial charge in [-0.05, 0) is 49.2 Å². The molecule has 0 unspecified atom stereocenters. The second-order valence-corrected chi connectivity index (χ2v) is 9.02. The Morgan fingerprint density at radius 2 is 1.86 bits per heavy atom. The molecule has 1 aliphatic heterocycles. The Hall–Kier alpha value is -4.20. The first-order valence-electron chi connectivity index (χ1n) is 12.5. The van der Waals surface area contributed by atoms with Crippen LogP contribution in [0.2, 0.25) is 0 Å². The maximum atomic E-state index is 13.2. The molecule has 0 N–H and O–H groups in total. The van der Waals surface area contributed by atoms with Gasteiger partial charge in [-0.2, -0.15) is 0 Å². The number of methoxy groups -OCH3 is 1. The van der Waals surface area contributed by atoms with Gasteiger partial charge < -0.3 is 19.4 Å². The molecule has 0 radical (unpaired) electrons. The first-order valence-corrected chi connectivity index (χ1v) is 12.5. The van der Waals surface area contributed by atoms with Crippen molar-refractivity contribution in [3.63, 3.8) is 0 Å². The van der Waals surface area contributed by atoms with Gasteiger partial charge in [-0.25, -0.2) is 0 Å². The summed E-state index contributed by atoms with van der Waals surface area (Å²) in [6, 6.07) is 19.1. The molecule has 0 atom stereocenters. The Bertz CT molecular complexity index is 1240. The first-order chi connectivity index (χ1) is 18.0. The number of amides is 2. The molecular weight excluding hydrogens is 466 g/mol. The van der Waals surface area contributed by atoms with Crippen molar-refractivity contribution in [2.75, 3.05) is 51.3 Å². The summed E-state index contributed by atoms with van der Waals surface area (Å²) >= 11 is 0. The van der Waals surface area contributed by atoms with Gasteiger partial charge in [-0.1, -0.05) is 36.4 Å². The van der Waals surface area contributed by atoms with E-state index < -0.39 is 0 Å². The van der Waals surface area contributed by atoms with Crippen molar-refractivity contribution < 1.29 is 14.3 Å². The predicted molar refractivity (Wildman–Crippen MR) is 145 cm³/mol. The van der Waals surface area contributed by atoms with Crippen LogP contribution in [0, 0.1) is 6.92 Å². The minimum absolute atomic E-state index is 0.0221. The molecule has 0 aliphatic carbocycles. The van der Waals surface area contributed by atoms with Crippen LogP contribution in [0.4, 0.5) is 5.82 Å². The van der Waals surface area contributed by atoms with Gasteiger partial charge in [-0.15, -0.1) is 16.8 Å². The van der Waals surface area contributed by atoms with Crippen molar-refractivity contribution in [2.45, 2.75) is 13.3 Å². The Morgan fingerprint density at radius 1 is 1.03 bits per heavy atom. The van der Waals surface area contributed by atoms with Crippen LogP contribution in [0.15, 0.2) is 73.3 Å². The SMILES string of the molecule is C=CCN(CC(=O)N1CCCN(c2ccc(-c3cccc(OC)c3)nn2)CC1)C(=O)c1ccccc1C. The number of rotatable bonds is 8. The van der Waals surface area contributed by atoms with Crippen LogP contribution in [0.5, 0.6) is 5.75 Å². The fourth-order valence-electron chi connectivity index (χ4n) is 4.45. The van der Waals surface area contributed by atoms with Crippen molar-refractivity contribution in [1.82, 2.24) is 20.0 Å². The third-order valence-electron chi connectivity index (χ3n) is 6.53. The van der Waals surface area contributed by atoms with Gasteiger partial charge in [0.25, 0.3) is 5.91 Å². The van der Waals surface area contributed by atoms with E-state index in [-0.39, 0.29) is 18.4 Å². The quantitative estimate of drug-likeness (QED) is 0.439. The number of carbonyl (C=O) groups excluding carboxylic acids is 2. The normalized spacial score (nSPS) is 13.6. The zero-order chi connectivity index (χ0) is 26.2. The molecule has 8 heteroatoms. The molecule has 192 valence electrons. The summed E-state index contributed by atoms with van der Waals surface area (Å²) in [5.41, 5.74) is 3.21. The highest BCUT2D eigenvalue weighted by atomic mass is 16.5. The van der Waals surface area contributed by atoms with Crippen molar-refractivity contribution in [3.8, 4) is 17.0 Å². The number of aryl methyl sites for hydroxylation is 1. The van der Waals surface area contributed by atoms with E-state index in [2.05, 4.69) is 21.7 Å². The van der Waals surface area contributed by atoms with E-state index in [0.717, 1.165) is 41.4 Å². The van der Waals surface area contributed by atoms with Crippen LogP contribution in [0.3, 0.4) is 0 Å². The van der Waals surface area contributed by atoms with Crippen LogP contribution in [0.25, 0.3) is 11.3 Å². The van der Waals surface area contributed by atoms with Crippen LogP contribution in [-0.2, 0) is 4.79 Å². The highest BCUT2D eigenvalue weighted by Crippen LogP contribution is 2.23. The summed E-state index contributed by atoms with van der Waals surface area (Å²) in [5.74, 6) is 1.33. The van der Waals surface area contributed by atoms with E-state index in [1.165, 1.54) is 0 Å². The van der Waals surface area contributed by atoms with E-state index in [1.807, 2.05) is 66.4 Å². The van der Waals surface area contributed by atoms with E-state index in [4.69, 9.17) is 4.74 Å². The molecule has 2 heterocycles. The largest absolute Gasteiger partial charge is 0.497 e. The van der Waals surface area contributed by atoms with E-state index in [9.17, 15) is 9.59 Å². The van der Waals surface area contributed by atoms with Crippen molar-refractivity contribution in [3.05, 3.63) is 84.4 Å². The highest BCUT2D eigenvalue weighted by Gasteiger charge is 2.24. The van der Waals surface area contributed by atoms with E-state index in [0.29, 0.717) is 31.7 Å². The van der Waals surface area contributed by atoms with Gasteiger partial charge >= 0.3 is 0 Å². The molecule has 1 aliphatic rings. The number of carbonyl (C=O) groups is 2. The topological polar surface area (TPSA) is 78.9 Å². The molecule has 4 rings (SSSR count). The smallest absolute Gasteiger partial charge is 0.254 e. The minimum Gasteiger partial charge on any atom is -0.497 e. The molecule has 2 aromatic carbocycles. The average Bonchev–Trinajstić information content (AvgIpc) is 3.19. The lowest BCUT2D eigenvalue weighted by Crippen LogP contribution is -2.44. The monoisotopic (exact) mass is 499 g/mol. The van der Waals surface area contributed by atoms with Gasteiger partial charge in [0.2, 0.25) is 5.91 Å². The molecule has 1 saturated heterocycles. The van der Waals surface area contributed by atoms with Gasteiger partial charge in [-0.3, -0.25) is 9.59 Å². The van der Waals surface area contributed by atoms with Crippen LogP contribution in [0.1, 0.15) is 22.3 Å². The van der Waals surface area contributed by atoms with Crippen LogP contribution in [-0.4, -0.2) is 78.2 Å². The van der Waals surface area contributed by atoms with Crippen molar-refractivity contribution in [2.24, 2.45) is 0 Å². The van der Waals surface area contributed by atoms with Gasteiger partial charge in [0.15, 0.2) is 5.82 Å². The van der Waals surface area contributed by atoms with Crippen LogP contribution >= 0.6 is 0 Å². The average molecular weight is 500 g/mol. The Balaban J connectivity index is 1.38. The maximum Gasteiger partial charge on any atom is 0.254 e. The van der Waals surface area contributed by atoms with E-state index >= 15 is 0 Å². The lowest BCUT2D eigenvalue weighted by molar-refractivity contribution is -0.131. The van der Waals surface area contributed by atoms with E-state index in [1.54, 1.807) is 24.2 Å². The molecule has 0 spiro atoms. The number of ether oxygens (including phenoxy) is 1. The molecule has 1 aromatic heterocycles. The number of hydrogen-bond acceptors (Lipinski definition) is 6. The lowest BCUT2D eigenvalue weighted by atomic mass is 10.1. The Kier molecular flexibility index (Phi) is 8.51. The standard InChI is InChI=1S/C29H33N5O3/c1-4-15-34(29(36)25-12-6-5-9-22(25)2)21-28(35)33-17-8-16-32(18-19-33)27-14-13-26(30-31-27)23-10-7-11-24(20-23)37-3/h4-7,9-14,20H,1,8,15-19,21H2,2-3H3. The Labute approximate surface area is 218 Å². The molecule has 3 aromatic rings. The summed E-state index contributed by atoms with van der Waals surface area (Å²) < 4.78 is 5.30. The number of anilines is 1. The molecular formula is C29H33N5O3. The third-order valence-corrected chi connectivity index (χ3v) is 6.53. The summed E-state index contributed by atoms with van der Waals surface area (Å²) in [5, 5.41) is 8.87. The van der Waals surface area contributed by atoms with Gasteiger partial charge in [0, 0.05) is 43.9 Å². The highest BCUT2D eigenvalue weighted by molar-refractivity contribution is 5.97. The summed E-state index contributed by atoms with van der Waals surface area (Å²) in [7, 11) is 1.64. The Morgan fingerprint density at radius 3 is 2.59 bits per heavy atom.